The first-order valence-electron chi connectivity index (χ1n) is 3.13. The van der Waals surface area contributed by atoms with Crippen LogP contribution in [-0.2, 0) is 0 Å². The van der Waals surface area contributed by atoms with E-state index in [0.29, 0.717) is 0 Å². The van der Waals surface area contributed by atoms with Gasteiger partial charge in [-0.1, -0.05) is 6.92 Å². The fourth-order valence-electron chi connectivity index (χ4n) is 0.513. The van der Waals surface area contributed by atoms with Crippen LogP contribution in [0.25, 0.3) is 0 Å². The van der Waals surface area contributed by atoms with Crippen molar-refractivity contribution in [2.24, 2.45) is 11.6 Å². The van der Waals surface area contributed by atoms with Crippen molar-refractivity contribution in [2.75, 3.05) is 6.54 Å². The first-order chi connectivity index (χ1) is 4.22. The van der Waals surface area contributed by atoms with Crippen LogP contribution in [0.1, 0.15) is 20.3 Å². The average Bonchev–Trinajstić information content (AvgIpc) is 1.87. The molecule has 0 fully saturated rings. The molecule has 0 saturated heterocycles. The molecular weight excluding hydrogens is 114 g/mol. The highest BCUT2D eigenvalue weighted by atomic mass is 15.4. The van der Waals surface area contributed by atoms with Gasteiger partial charge in [0, 0.05) is 18.4 Å². The van der Waals surface area contributed by atoms with Crippen molar-refractivity contribution in [2.45, 2.75) is 20.3 Å². The van der Waals surface area contributed by atoms with Gasteiger partial charge < -0.3 is 10.7 Å². The maximum atomic E-state index is 5.52. The molecule has 0 aromatic rings. The van der Waals surface area contributed by atoms with Crippen LogP contribution in [0, 0.1) is 0 Å². The Hall–Kier alpha value is -0.700. The number of rotatable bonds is 3. The quantitative estimate of drug-likeness (QED) is 0.428. The lowest BCUT2D eigenvalue weighted by Gasteiger charge is -2.16. The molecule has 0 aliphatic carbocycles. The summed E-state index contributed by atoms with van der Waals surface area (Å²) in [6.07, 6.45) is 2.55. The number of nitrogens with zero attached hydrogens (tertiary/aromatic N) is 1. The summed E-state index contributed by atoms with van der Waals surface area (Å²) in [6, 6.07) is 0. The van der Waals surface area contributed by atoms with Gasteiger partial charge in [-0.15, -0.1) is 0 Å². The molecular formula is C6H15N3. The van der Waals surface area contributed by atoms with Crippen LogP contribution >= 0.6 is 0 Å². The highest BCUT2D eigenvalue weighted by Gasteiger charge is 1.93. The summed E-state index contributed by atoms with van der Waals surface area (Å²) in [5, 5.41) is 1.64. The van der Waals surface area contributed by atoms with E-state index >= 15 is 0 Å². The second-order valence-corrected chi connectivity index (χ2v) is 2.00. The summed E-state index contributed by atoms with van der Waals surface area (Å²) in [4.78, 5) is 0. The molecule has 0 rings (SSSR count). The number of hydrazine groups is 1. The van der Waals surface area contributed by atoms with E-state index in [4.69, 9.17) is 11.6 Å². The topological polar surface area (TPSA) is 55.3 Å². The first kappa shape index (κ1) is 8.30. The van der Waals surface area contributed by atoms with Crippen molar-refractivity contribution >= 4 is 0 Å². The summed E-state index contributed by atoms with van der Waals surface area (Å²) < 4.78 is 0. The molecule has 0 spiro atoms. The molecule has 0 unspecified atom stereocenters. The Labute approximate surface area is 56.3 Å². The largest absolute Gasteiger partial charge is 0.403 e. The fourth-order valence-corrected chi connectivity index (χ4v) is 0.513. The van der Waals surface area contributed by atoms with E-state index in [1.54, 1.807) is 5.01 Å². The molecule has 0 aliphatic heterocycles. The van der Waals surface area contributed by atoms with Crippen LogP contribution in [0.2, 0.25) is 0 Å². The minimum atomic E-state index is 0.861. The zero-order chi connectivity index (χ0) is 7.28. The van der Waals surface area contributed by atoms with E-state index in [-0.39, 0.29) is 0 Å². The van der Waals surface area contributed by atoms with Gasteiger partial charge in [0.15, 0.2) is 0 Å². The number of allylic oxidation sites excluding steroid dienone is 1. The van der Waals surface area contributed by atoms with Crippen molar-refractivity contribution in [1.29, 1.82) is 0 Å². The lowest BCUT2D eigenvalue weighted by Crippen LogP contribution is -2.30. The smallest absolute Gasteiger partial charge is 0.0414 e. The van der Waals surface area contributed by atoms with Crippen LogP contribution < -0.4 is 11.6 Å². The van der Waals surface area contributed by atoms with E-state index < -0.39 is 0 Å². The third kappa shape index (κ3) is 2.98. The van der Waals surface area contributed by atoms with Crippen LogP contribution in [0.15, 0.2) is 11.9 Å². The van der Waals surface area contributed by atoms with Gasteiger partial charge in [0.25, 0.3) is 0 Å². The van der Waals surface area contributed by atoms with Gasteiger partial charge in [0.05, 0.1) is 0 Å². The van der Waals surface area contributed by atoms with Gasteiger partial charge in [-0.2, -0.15) is 0 Å². The predicted molar refractivity (Wildman–Crippen MR) is 39.1 cm³/mol. The standard InChI is InChI=1S/C6H15N3/c1-3-4-9(8)6(2)5-7/h5H,3-4,7-8H2,1-2H3/b6-5-. The second-order valence-electron chi connectivity index (χ2n) is 2.00. The van der Waals surface area contributed by atoms with E-state index in [9.17, 15) is 0 Å². The maximum Gasteiger partial charge on any atom is 0.0414 e. The lowest BCUT2D eigenvalue weighted by molar-refractivity contribution is 0.359. The minimum Gasteiger partial charge on any atom is -0.403 e. The van der Waals surface area contributed by atoms with Crippen molar-refractivity contribution < 1.29 is 0 Å². The predicted octanol–water partition coefficient (Wildman–Crippen LogP) is 0.392. The highest BCUT2D eigenvalue weighted by Crippen LogP contribution is 1.93. The van der Waals surface area contributed by atoms with Gasteiger partial charge in [-0.05, 0) is 13.3 Å². The van der Waals surface area contributed by atoms with Gasteiger partial charge in [-0.25, -0.2) is 5.84 Å². The SMILES string of the molecule is CCCN(N)/C(C)=C\N. The fraction of sp³-hybridized carbons (Fsp3) is 0.667. The monoisotopic (exact) mass is 129 g/mol. The van der Waals surface area contributed by atoms with Crippen LogP contribution in [0.4, 0.5) is 0 Å². The molecule has 0 amide bonds. The van der Waals surface area contributed by atoms with Crippen molar-refractivity contribution in [3.63, 3.8) is 0 Å². The number of hydrogen-bond donors (Lipinski definition) is 2. The number of hydrogen-bond acceptors (Lipinski definition) is 3. The third-order valence-corrected chi connectivity index (χ3v) is 1.16. The van der Waals surface area contributed by atoms with E-state index in [0.717, 1.165) is 18.7 Å². The van der Waals surface area contributed by atoms with Gasteiger partial charge in [0.1, 0.15) is 0 Å². The van der Waals surface area contributed by atoms with E-state index in [1.807, 2.05) is 6.92 Å². The Morgan fingerprint density at radius 3 is 2.56 bits per heavy atom. The molecule has 0 bridgehead atoms. The van der Waals surface area contributed by atoms with Gasteiger partial charge >= 0.3 is 0 Å². The molecule has 9 heavy (non-hydrogen) atoms. The molecule has 0 saturated carbocycles. The summed E-state index contributed by atoms with van der Waals surface area (Å²) in [7, 11) is 0. The zero-order valence-corrected chi connectivity index (χ0v) is 6.09. The molecule has 3 nitrogen and oxygen atoms in total. The summed E-state index contributed by atoms with van der Waals surface area (Å²) in [6.45, 7) is 4.82. The first-order valence-corrected chi connectivity index (χ1v) is 3.13. The van der Waals surface area contributed by atoms with Crippen LogP contribution in [0.5, 0.6) is 0 Å². The molecule has 0 aliphatic rings. The molecule has 54 valence electrons. The molecule has 0 radical (unpaired) electrons. The Bertz CT molecular complexity index is 98.5. The molecule has 0 aromatic heterocycles. The molecule has 3 heteroatoms. The zero-order valence-electron chi connectivity index (χ0n) is 6.09. The molecule has 0 atom stereocenters. The average molecular weight is 129 g/mol. The van der Waals surface area contributed by atoms with Crippen LogP contribution in [0.3, 0.4) is 0 Å². The Morgan fingerprint density at radius 2 is 2.22 bits per heavy atom. The van der Waals surface area contributed by atoms with Crippen molar-refractivity contribution in [3.05, 3.63) is 11.9 Å². The van der Waals surface area contributed by atoms with Crippen molar-refractivity contribution in [1.82, 2.24) is 5.01 Å². The van der Waals surface area contributed by atoms with Crippen molar-refractivity contribution in [3.8, 4) is 0 Å². The Kier molecular flexibility index (Phi) is 3.88. The maximum absolute atomic E-state index is 5.52. The van der Waals surface area contributed by atoms with E-state index in [1.165, 1.54) is 6.20 Å². The second kappa shape index (κ2) is 4.21. The summed E-state index contributed by atoms with van der Waals surface area (Å²) in [5.74, 6) is 5.52. The molecule has 0 aromatic carbocycles. The van der Waals surface area contributed by atoms with Gasteiger partial charge in [-0.3, -0.25) is 0 Å². The summed E-state index contributed by atoms with van der Waals surface area (Å²) >= 11 is 0. The van der Waals surface area contributed by atoms with Crippen LogP contribution in [-0.4, -0.2) is 11.6 Å². The lowest BCUT2D eigenvalue weighted by atomic mass is 10.4. The number of nitrogens with two attached hydrogens (primary N) is 2. The highest BCUT2D eigenvalue weighted by molar-refractivity contribution is 4.91. The molecule has 4 N–H and O–H groups in total. The summed E-state index contributed by atoms with van der Waals surface area (Å²) in [5.41, 5.74) is 6.13. The molecule has 0 heterocycles. The normalized spacial score (nSPS) is 11.7. The Morgan fingerprint density at radius 1 is 1.67 bits per heavy atom. The minimum absolute atomic E-state index is 0.861. The Balaban J connectivity index is 3.59. The van der Waals surface area contributed by atoms with E-state index in [2.05, 4.69) is 6.92 Å². The third-order valence-electron chi connectivity index (χ3n) is 1.16. The van der Waals surface area contributed by atoms with Gasteiger partial charge in [0.2, 0.25) is 0 Å².